The molecule has 1 fully saturated rings. The van der Waals surface area contributed by atoms with E-state index in [0.717, 1.165) is 31.6 Å². The van der Waals surface area contributed by atoms with Crippen molar-refractivity contribution >= 4 is 35.0 Å². The van der Waals surface area contributed by atoms with E-state index < -0.39 is 12.3 Å². The van der Waals surface area contributed by atoms with E-state index in [2.05, 4.69) is 22.4 Å². The van der Waals surface area contributed by atoms with E-state index in [0.29, 0.717) is 18.7 Å². The molecule has 39 heavy (non-hydrogen) atoms. The first kappa shape index (κ1) is 29.2. The van der Waals surface area contributed by atoms with Gasteiger partial charge in [-0.1, -0.05) is 78.6 Å². The summed E-state index contributed by atoms with van der Waals surface area (Å²) in [4.78, 5) is 22.6. The fourth-order valence-electron chi connectivity index (χ4n) is 4.28. The van der Waals surface area contributed by atoms with Crippen LogP contribution in [-0.2, 0) is 32.2 Å². The van der Waals surface area contributed by atoms with Crippen LogP contribution in [0.5, 0.6) is 0 Å². The topological polar surface area (TPSA) is 131 Å². The van der Waals surface area contributed by atoms with Gasteiger partial charge in [-0.05, 0) is 30.0 Å². The summed E-state index contributed by atoms with van der Waals surface area (Å²) in [5.74, 6) is -0.305. The van der Waals surface area contributed by atoms with Crippen molar-refractivity contribution in [2.24, 2.45) is 5.92 Å². The van der Waals surface area contributed by atoms with Crippen molar-refractivity contribution < 1.29 is 29.3 Å². The van der Waals surface area contributed by atoms with Gasteiger partial charge in [0.15, 0.2) is 10.6 Å². The zero-order valence-electron chi connectivity index (χ0n) is 21.9. The number of aromatic nitrogens is 2. The second kappa shape index (κ2) is 14.0. The van der Waals surface area contributed by atoms with E-state index >= 15 is 0 Å². The Hall–Kier alpha value is -2.83. The molecule has 4 unspecified atom stereocenters. The predicted molar refractivity (Wildman–Crippen MR) is 148 cm³/mol. The lowest BCUT2D eigenvalue weighted by Gasteiger charge is -2.41. The number of carbonyl (C=O) groups excluding carboxylic acids is 1. The minimum absolute atomic E-state index is 0.0111. The number of aryl methyl sites for hydroxylation is 1. The van der Waals surface area contributed by atoms with E-state index in [-0.39, 0.29) is 43.5 Å². The molecule has 4 rings (SSSR count). The van der Waals surface area contributed by atoms with Crippen LogP contribution in [0.3, 0.4) is 0 Å². The summed E-state index contributed by atoms with van der Waals surface area (Å²) in [5.41, 5.74) is 3.66. The summed E-state index contributed by atoms with van der Waals surface area (Å²) in [6, 6.07) is 15.6. The molecule has 0 radical (unpaired) electrons. The molecule has 0 bridgehead atoms. The number of carboxylic acid groups (broad SMARTS) is 1. The van der Waals surface area contributed by atoms with Crippen LogP contribution in [0.1, 0.15) is 65.8 Å². The van der Waals surface area contributed by atoms with Gasteiger partial charge in [0.1, 0.15) is 5.01 Å². The fourth-order valence-corrected chi connectivity index (χ4v) is 6.29. The minimum Gasteiger partial charge on any atom is -0.481 e. The maximum Gasteiger partial charge on any atom is 0.303 e. The molecule has 3 aromatic rings. The lowest BCUT2D eigenvalue weighted by Crippen LogP contribution is -2.38. The summed E-state index contributed by atoms with van der Waals surface area (Å²) in [6.45, 7) is 4.41. The average Bonchev–Trinajstić information content (AvgIpc) is 3.36. The largest absolute Gasteiger partial charge is 0.481 e. The Morgan fingerprint density at radius 2 is 1.69 bits per heavy atom. The third-order valence-electron chi connectivity index (χ3n) is 6.54. The monoisotopic (exact) mass is 571 g/mol. The van der Waals surface area contributed by atoms with Gasteiger partial charge in [0.2, 0.25) is 5.91 Å². The number of amides is 1. The lowest BCUT2D eigenvalue weighted by molar-refractivity contribution is -0.268. The van der Waals surface area contributed by atoms with Crippen LogP contribution in [0.2, 0.25) is 0 Å². The first-order chi connectivity index (χ1) is 18.8. The zero-order valence-corrected chi connectivity index (χ0v) is 23.5. The molecular formula is C28H33N3O6S2. The van der Waals surface area contributed by atoms with Gasteiger partial charge in [-0.15, -0.1) is 10.2 Å². The fraction of sp³-hybridized carbons (Fsp3) is 0.429. The smallest absolute Gasteiger partial charge is 0.303 e. The number of nitrogens with one attached hydrogen (secondary N) is 1. The maximum absolute atomic E-state index is 12.0. The van der Waals surface area contributed by atoms with Gasteiger partial charge in [-0.25, -0.2) is 0 Å². The molecule has 0 aliphatic carbocycles. The molecule has 3 N–H and O–H groups in total. The Balaban J connectivity index is 1.44. The van der Waals surface area contributed by atoms with Gasteiger partial charge < -0.3 is 25.0 Å². The molecule has 0 spiro atoms. The Labute approximate surface area is 236 Å². The molecule has 1 saturated heterocycles. The highest BCUT2D eigenvalue weighted by molar-refractivity contribution is 8.01. The van der Waals surface area contributed by atoms with E-state index in [4.69, 9.17) is 14.6 Å². The molecule has 0 saturated carbocycles. The van der Waals surface area contributed by atoms with Crippen molar-refractivity contribution in [1.29, 1.82) is 0 Å². The minimum atomic E-state index is -0.902. The number of hydrogen-bond donors (Lipinski definition) is 3. The molecule has 2 aromatic carbocycles. The highest BCUT2D eigenvalue weighted by atomic mass is 32.2. The number of nitrogens with zero attached hydrogens (tertiary/aromatic N) is 2. The molecular weight excluding hydrogens is 538 g/mol. The number of aliphatic hydroxyl groups is 1. The standard InChI is InChI=1S/C28H33N3O6S2/c1-17-23(16-38-28-31-30-18(2)39-28)36-27(37-26(17)21-10-8-20(15-32)9-11-21)22-12-6-19(7-13-22)14-29-24(33)4-3-5-25(34)35/h6-13,17,23,26-27,32H,3-5,14-16H2,1-2H3,(H,29,33)(H,34,35). The summed E-state index contributed by atoms with van der Waals surface area (Å²) in [7, 11) is 0. The number of ether oxygens (including phenoxy) is 2. The Morgan fingerprint density at radius 3 is 2.33 bits per heavy atom. The summed E-state index contributed by atoms with van der Waals surface area (Å²) < 4.78 is 13.9. The van der Waals surface area contributed by atoms with Crippen LogP contribution < -0.4 is 5.32 Å². The second-order valence-corrected chi connectivity index (χ2v) is 11.9. The number of hydrogen-bond acceptors (Lipinski definition) is 9. The van der Waals surface area contributed by atoms with Gasteiger partial charge in [0, 0.05) is 36.6 Å². The summed E-state index contributed by atoms with van der Waals surface area (Å²) in [6.07, 6.45) is -0.410. The number of rotatable bonds is 12. The Bertz CT molecular complexity index is 1230. The van der Waals surface area contributed by atoms with E-state index in [1.807, 2.05) is 55.5 Å². The maximum atomic E-state index is 12.0. The molecule has 9 nitrogen and oxygen atoms in total. The highest BCUT2D eigenvalue weighted by Gasteiger charge is 2.38. The third kappa shape index (κ3) is 8.33. The van der Waals surface area contributed by atoms with Crippen LogP contribution in [-0.4, -0.2) is 44.1 Å². The molecule has 2 heterocycles. The summed E-state index contributed by atoms with van der Waals surface area (Å²) >= 11 is 3.19. The molecule has 1 aliphatic heterocycles. The molecule has 1 aromatic heterocycles. The third-order valence-corrected chi connectivity index (χ3v) is 8.60. The van der Waals surface area contributed by atoms with E-state index in [9.17, 15) is 14.7 Å². The molecule has 1 amide bonds. The number of thioether (sulfide) groups is 1. The van der Waals surface area contributed by atoms with Gasteiger partial charge in [-0.2, -0.15) is 0 Å². The normalized spacial score (nSPS) is 21.0. The van der Waals surface area contributed by atoms with Gasteiger partial charge in [-0.3, -0.25) is 9.59 Å². The number of benzene rings is 2. The first-order valence-corrected chi connectivity index (χ1v) is 14.6. The van der Waals surface area contributed by atoms with Crippen molar-refractivity contribution in [3.8, 4) is 0 Å². The number of carbonyl (C=O) groups is 2. The van der Waals surface area contributed by atoms with Crippen molar-refractivity contribution in [3.63, 3.8) is 0 Å². The Kier molecular flexibility index (Phi) is 10.5. The van der Waals surface area contributed by atoms with Crippen molar-refractivity contribution in [1.82, 2.24) is 15.5 Å². The van der Waals surface area contributed by atoms with Crippen LogP contribution in [0.15, 0.2) is 52.9 Å². The molecule has 1 aliphatic rings. The van der Waals surface area contributed by atoms with Crippen molar-refractivity contribution in [2.75, 3.05) is 5.75 Å². The van der Waals surface area contributed by atoms with Crippen LogP contribution in [0, 0.1) is 12.8 Å². The number of aliphatic hydroxyl groups excluding tert-OH is 1. The van der Waals surface area contributed by atoms with Crippen molar-refractivity contribution in [2.45, 2.75) is 69.1 Å². The first-order valence-electron chi connectivity index (χ1n) is 12.8. The lowest BCUT2D eigenvalue weighted by atomic mass is 9.91. The predicted octanol–water partition coefficient (Wildman–Crippen LogP) is 4.79. The SMILES string of the molecule is Cc1nnc(SCC2OC(c3ccc(CNC(=O)CCCC(=O)O)cc3)OC(c3ccc(CO)cc3)C2C)s1. The second-order valence-electron chi connectivity index (χ2n) is 9.49. The number of carboxylic acids is 1. The quantitative estimate of drug-likeness (QED) is 0.263. The molecule has 11 heteroatoms. The average molecular weight is 572 g/mol. The number of aliphatic carboxylic acids is 1. The van der Waals surface area contributed by atoms with Gasteiger partial charge in [0.05, 0.1) is 18.8 Å². The molecule has 208 valence electrons. The van der Waals surface area contributed by atoms with Crippen LogP contribution >= 0.6 is 23.1 Å². The van der Waals surface area contributed by atoms with E-state index in [1.54, 1.807) is 23.1 Å². The Morgan fingerprint density at radius 1 is 1.00 bits per heavy atom. The van der Waals surface area contributed by atoms with E-state index in [1.165, 1.54) is 0 Å². The summed E-state index contributed by atoms with van der Waals surface area (Å²) in [5, 5.41) is 30.3. The van der Waals surface area contributed by atoms with Crippen LogP contribution in [0.4, 0.5) is 0 Å². The highest BCUT2D eigenvalue weighted by Crippen LogP contribution is 2.43. The van der Waals surface area contributed by atoms with Crippen LogP contribution in [0.25, 0.3) is 0 Å². The zero-order chi connectivity index (χ0) is 27.8. The van der Waals surface area contributed by atoms with Crippen molar-refractivity contribution in [3.05, 3.63) is 75.8 Å². The van der Waals surface area contributed by atoms with Gasteiger partial charge in [0.25, 0.3) is 0 Å². The van der Waals surface area contributed by atoms with Gasteiger partial charge >= 0.3 is 5.97 Å². The molecule has 4 atom stereocenters.